The summed E-state index contributed by atoms with van der Waals surface area (Å²) >= 11 is 0.203. The van der Waals surface area contributed by atoms with E-state index in [0.29, 0.717) is 5.75 Å². The number of phenolic OH excluding ortho intramolecular Hbond substituents is 1. The second-order valence-corrected chi connectivity index (χ2v) is 5.51. The Balaban J connectivity index is 1.93. The van der Waals surface area contributed by atoms with Crippen LogP contribution in [0.4, 0.5) is 3.89 Å². The molecule has 1 atom stereocenters. The van der Waals surface area contributed by atoms with Crippen LogP contribution in [-0.4, -0.2) is 29.2 Å². The Morgan fingerprint density at radius 3 is 2.09 bits per heavy atom. The summed E-state index contributed by atoms with van der Waals surface area (Å²) in [6.07, 6.45) is 0. The molecule has 0 spiro atoms. The first kappa shape index (κ1) is 17.2. The highest BCUT2D eigenvalue weighted by Gasteiger charge is 2.08. The van der Waals surface area contributed by atoms with Crippen LogP contribution in [0.5, 0.6) is 11.5 Å². The molecule has 0 radical (unpaired) electrons. The summed E-state index contributed by atoms with van der Waals surface area (Å²) in [6, 6.07) is 13.9. The van der Waals surface area contributed by atoms with Crippen LogP contribution in [0.2, 0.25) is 0 Å². The summed E-state index contributed by atoms with van der Waals surface area (Å²) in [5.41, 5.74) is 1.65. The average Bonchev–Trinajstić information content (AvgIpc) is 2.59. The van der Waals surface area contributed by atoms with Gasteiger partial charge < -0.3 is 14.9 Å². The van der Waals surface area contributed by atoms with Crippen molar-refractivity contribution in [1.82, 2.24) is 0 Å². The van der Waals surface area contributed by atoms with Crippen molar-refractivity contribution >= 4 is 12.1 Å². The monoisotopic (exact) mass is 332 g/mol. The predicted octanol–water partition coefficient (Wildman–Crippen LogP) is 3.40. The van der Waals surface area contributed by atoms with Crippen LogP contribution in [0.25, 0.3) is 0 Å². The molecule has 0 heterocycles. The zero-order valence-corrected chi connectivity index (χ0v) is 13.2. The molecule has 120 valence electrons. The van der Waals surface area contributed by atoms with Crippen LogP contribution in [0.15, 0.2) is 48.5 Å². The molecule has 0 aromatic heterocycles. The second-order valence-electron chi connectivity index (χ2n) is 4.96. The summed E-state index contributed by atoms with van der Waals surface area (Å²) < 4.78 is 17.7. The maximum Gasteiger partial charge on any atom is 0.119 e. The Kier molecular flexibility index (Phi) is 6.79. The van der Waals surface area contributed by atoms with E-state index in [9.17, 15) is 8.99 Å². The molecule has 0 aliphatic heterocycles. The molecule has 2 aromatic carbocycles. The van der Waals surface area contributed by atoms with Gasteiger partial charge >= 0.3 is 0 Å². The zero-order chi connectivity index (χ0) is 16.5. The summed E-state index contributed by atoms with van der Waals surface area (Å²) in [7, 11) is 0. The van der Waals surface area contributed by atoms with Crippen LogP contribution in [0.1, 0.15) is 11.1 Å². The maximum absolute atomic E-state index is 12.2. The van der Waals surface area contributed by atoms with Crippen LogP contribution >= 0.6 is 12.1 Å². The Morgan fingerprint density at radius 1 is 1.00 bits per heavy atom. The van der Waals surface area contributed by atoms with Gasteiger partial charge in [-0.25, -0.2) is 0 Å². The van der Waals surface area contributed by atoms with Gasteiger partial charge in [0.25, 0.3) is 0 Å². The average molecular weight is 332 g/mol. The third-order valence-electron chi connectivity index (χ3n) is 3.12. The van der Waals surface area contributed by atoms with Crippen molar-refractivity contribution in [2.45, 2.75) is 0 Å². The lowest BCUT2D eigenvalue weighted by Gasteiger charge is -2.12. The lowest BCUT2D eigenvalue weighted by atomic mass is 10.1. The SMILES string of the molecule is OCC(COc1ccc(C#Cc2ccc(O)cc2)cc1)CSF. The smallest absolute Gasteiger partial charge is 0.119 e. The van der Waals surface area contributed by atoms with E-state index in [-0.39, 0.29) is 42.8 Å². The van der Waals surface area contributed by atoms with Crippen molar-refractivity contribution < 1.29 is 18.8 Å². The molecule has 5 heteroatoms. The van der Waals surface area contributed by atoms with Crippen LogP contribution in [0, 0.1) is 17.8 Å². The number of rotatable bonds is 6. The molecule has 3 nitrogen and oxygen atoms in total. The van der Waals surface area contributed by atoms with Gasteiger partial charge in [-0.05, 0) is 48.5 Å². The van der Waals surface area contributed by atoms with Crippen molar-refractivity contribution in [3.63, 3.8) is 0 Å². The number of halogens is 1. The second kappa shape index (κ2) is 9.09. The van der Waals surface area contributed by atoms with E-state index in [1.54, 1.807) is 36.4 Å². The first-order valence-corrected chi connectivity index (χ1v) is 7.98. The van der Waals surface area contributed by atoms with E-state index in [1.807, 2.05) is 12.1 Å². The molecule has 0 amide bonds. The topological polar surface area (TPSA) is 49.7 Å². The molecule has 0 saturated heterocycles. The van der Waals surface area contributed by atoms with Crippen molar-refractivity contribution in [3.05, 3.63) is 59.7 Å². The quantitative estimate of drug-likeness (QED) is 0.796. The van der Waals surface area contributed by atoms with E-state index in [1.165, 1.54) is 0 Å². The summed E-state index contributed by atoms with van der Waals surface area (Å²) in [4.78, 5) is 0. The third kappa shape index (κ3) is 5.85. The Labute approximate surface area is 139 Å². The largest absolute Gasteiger partial charge is 0.508 e. The number of aliphatic hydroxyl groups excluding tert-OH is 1. The Hall–Kier alpha value is -2.16. The van der Waals surface area contributed by atoms with Gasteiger partial charge in [0.1, 0.15) is 11.5 Å². The van der Waals surface area contributed by atoms with Crippen LogP contribution < -0.4 is 4.74 Å². The number of aliphatic hydroxyl groups is 1. The van der Waals surface area contributed by atoms with E-state index in [2.05, 4.69) is 11.8 Å². The first-order valence-electron chi connectivity index (χ1n) is 7.09. The summed E-state index contributed by atoms with van der Waals surface area (Å²) in [5, 5.41) is 18.3. The molecular weight excluding hydrogens is 315 g/mol. The first-order chi connectivity index (χ1) is 11.2. The van der Waals surface area contributed by atoms with E-state index < -0.39 is 0 Å². The number of hydrogen-bond donors (Lipinski definition) is 2. The number of ether oxygens (including phenoxy) is 1. The molecule has 0 saturated carbocycles. The Bertz CT molecular complexity index is 659. The number of phenols is 1. The third-order valence-corrected chi connectivity index (χ3v) is 3.71. The number of aromatic hydroxyl groups is 1. The molecule has 0 aliphatic carbocycles. The fourth-order valence-electron chi connectivity index (χ4n) is 1.78. The standard InChI is InChI=1S/C18H17FO3S/c19-23-13-16(11-20)12-22-18-9-5-15(6-10-18)2-1-14-3-7-17(21)8-4-14/h3-10,16,20-21H,11-13H2. The highest BCUT2D eigenvalue weighted by Crippen LogP contribution is 2.15. The number of benzene rings is 2. The fraction of sp³-hybridized carbons (Fsp3) is 0.222. The maximum atomic E-state index is 12.2. The highest BCUT2D eigenvalue weighted by molar-refractivity contribution is 7.94. The number of hydrogen-bond acceptors (Lipinski definition) is 4. The summed E-state index contributed by atoms with van der Waals surface area (Å²) in [6.45, 7) is 0.166. The van der Waals surface area contributed by atoms with Crippen molar-refractivity contribution in [2.75, 3.05) is 19.0 Å². The minimum absolute atomic E-state index is 0.104. The van der Waals surface area contributed by atoms with Gasteiger partial charge in [0.05, 0.1) is 13.2 Å². The normalized spacial score (nSPS) is 11.4. The van der Waals surface area contributed by atoms with Gasteiger partial charge in [-0.3, -0.25) is 0 Å². The molecule has 2 rings (SSSR count). The lowest BCUT2D eigenvalue weighted by molar-refractivity contribution is 0.177. The molecule has 1 unspecified atom stereocenters. The molecule has 2 N–H and O–H groups in total. The van der Waals surface area contributed by atoms with Crippen LogP contribution in [0.3, 0.4) is 0 Å². The van der Waals surface area contributed by atoms with Crippen molar-refractivity contribution in [1.29, 1.82) is 0 Å². The van der Waals surface area contributed by atoms with Crippen LogP contribution in [-0.2, 0) is 0 Å². The van der Waals surface area contributed by atoms with Gasteiger partial charge in [-0.2, -0.15) is 3.89 Å². The lowest BCUT2D eigenvalue weighted by Crippen LogP contribution is -2.18. The van der Waals surface area contributed by atoms with Crippen molar-refractivity contribution in [3.8, 4) is 23.3 Å². The molecule has 0 bridgehead atoms. The Morgan fingerprint density at radius 2 is 1.57 bits per heavy atom. The molecule has 23 heavy (non-hydrogen) atoms. The summed E-state index contributed by atoms with van der Waals surface area (Å²) in [5.74, 6) is 6.89. The van der Waals surface area contributed by atoms with E-state index in [0.717, 1.165) is 11.1 Å². The van der Waals surface area contributed by atoms with Gasteiger partial charge in [0.15, 0.2) is 0 Å². The van der Waals surface area contributed by atoms with Gasteiger partial charge in [0, 0.05) is 34.9 Å². The molecular formula is C18H17FO3S. The zero-order valence-electron chi connectivity index (χ0n) is 12.4. The molecule has 2 aromatic rings. The van der Waals surface area contributed by atoms with Gasteiger partial charge in [-0.1, -0.05) is 11.8 Å². The van der Waals surface area contributed by atoms with Crippen molar-refractivity contribution in [2.24, 2.45) is 5.92 Å². The highest BCUT2D eigenvalue weighted by atomic mass is 32.2. The van der Waals surface area contributed by atoms with Gasteiger partial charge in [-0.15, -0.1) is 0 Å². The van der Waals surface area contributed by atoms with E-state index >= 15 is 0 Å². The predicted molar refractivity (Wildman–Crippen MR) is 90.2 cm³/mol. The van der Waals surface area contributed by atoms with E-state index in [4.69, 9.17) is 9.84 Å². The fourth-order valence-corrected chi connectivity index (χ4v) is 2.16. The molecule has 0 fully saturated rings. The minimum atomic E-state index is -0.223. The minimum Gasteiger partial charge on any atom is -0.508 e. The molecule has 0 aliphatic rings. The van der Waals surface area contributed by atoms with Gasteiger partial charge in [0.2, 0.25) is 0 Å².